The molecule has 0 aliphatic heterocycles. The summed E-state index contributed by atoms with van der Waals surface area (Å²) in [4.78, 5) is 22.6. The zero-order chi connectivity index (χ0) is 13.1. The second-order valence-corrected chi connectivity index (χ2v) is 5.60. The van der Waals surface area contributed by atoms with Gasteiger partial charge in [0.25, 0.3) is 0 Å². The summed E-state index contributed by atoms with van der Waals surface area (Å²) in [7, 11) is 0. The summed E-state index contributed by atoms with van der Waals surface area (Å²) in [5.41, 5.74) is 0.134. The van der Waals surface area contributed by atoms with Crippen molar-refractivity contribution in [1.29, 1.82) is 0 Å². The Morgan fingerprint density at radius 2 is 2.22 bits per heavy atom. The molecular formula is C12H16N2O3S. The van der Waals surface area contributed by atoms with Crippen LogP contribution in [-0.4, -0.2) is 23.1 Å². The van der Waals surface area contributed by atoms with Crippen molar-refractivity contribution >= 4 is 28.3 Å². The van der Waals surface area contributed by atoms with Gasteiger partial charge in [0.05, 0.1) is 5.56 Å². The fourth-order valence-corrected chi connectivity index (χ4v) is 3.01. The largest absolute Gasteiger partial charge is 0.478 e. The van der Waals surface area contributed by atoms with Gasteiger partial charge in [-0.2, -0.15) is 0 Å². The summed E-state index contributed by atoms with van der Waals surface area (Å²) in [5.74, 6) is -0.382. The van der Waals surface area contributed by atoms with Crippen LogP contribution in [0.15, 0.2) is 11.4 Å². The first-order valence-electron chi connectivity index (χ1n) is 5.94. The smallest absolute Gasteiger partial charge is 0.338 e. The van der Waals surface area contributed by atoms with E-state index < -0.39 is 5.97 Å². The number of hydrogen-bond donors (Lipinski definition) is 3. The summed E-state index contributed by atoms with van der Waals surface area (Å²) >= 11 is 1.21. The first-order chi connectivity index (χ1) is 8.56. The zero-order valence-electron chi connectivity index (χ0n) is 10.1. The average molecular weight is 268 g/mol. The van der Waals surface area contributed by atoms with Crippen molar-refractivity contribution in [3.63, 3.8) is 0 Å². The van der Waals surface area contributed by atoms with E-state index in [0.29, 0.717) is 10.9 Å². The molecule has 0 bridgehead atoms. The lowest BCUT2D eigenvalue weighted by atomic mass is 10.1. The second-order valence-electron chi connectivity index (χ2n) is 4.68. The van der Waals surface area contributed by atoms with Crippen LogP contribution < -0.4 is 10.6 Å². The maximum atomic E-state index is 11.7. The standard InChI is InChI=1S/C12H16N2O3S/c1-7-2-3-8(6-7)13-12(17)14-10-9(11(15)16)4-5-18-10/h4-5,7-8H,2-3,6H2,1H3,(H,15,16)(H2,13,14,17). The fraction of sp³-hybridized carbons (Fsp3) is 0.500. The highest BCUT2D eigenvalue weighted by Gasteiger charge is 2.23. The number of carboxylic acids is 1. The minimum absolute atomic E-state index is 0.134. The number of amides is 2. The molecular weight excluding hydrogens is 252 g/mol. The van der Waals surface area contributed by atoms with Gasteiger partial charge in [-0.05, 0) is 36.6 Å². The van der Waals surface area contributed by atoms with Crippen molar-refractivity contribution in [1.82, 2.24) is 5.32 Å². The molecule has 18 heavy (non-hydrogen) atoms. The molecule has 0 radical (unpaired) electrons. The number of urea groups is 1. The fourth-order valence-electron chi connectivity index (χ4n) is 2.24. The Balaban J connectivity index is 1.91. The van der Waals surface area contributed by atoms with Crippen LogP contribution in [0, 0.1) is 5.92 Å². The van der Waals surface area contributed by atoms with Crippen LogP contribution in [0.1, 0.15) is 36.5 Å². The summed E-state index contributed by atoms with van der Waals surface area (Å²) in [6.45, 7) is 2.17. The number of hydrogen-bond acceptors (Lipinski definition) is 3. The van der Waals surface area contributed by atoms with Crippen molar-refractivity contribution in [2.45, 2.75) is 32.2 Å². The minimum Gasteiger partial charge on any atom is -0.478 e. The molecule has 0 aromatic carbocycles. The quantitative estimate of drug-likeness (QED) is 0.788. The number of nitrogens with one attached hydrogen (secondary N) is 2. The average Bonchev–Trinajstić information content (AvgIpc) is 2.87. The van der Waals surface area contributed by atoms with Crippen LogP contribution in [0.5, 0.6) is 0 Å². The Kier molecular flexibility index (Phi) is 3.86. The Morgan fingerprint density at radius 1 is 1.44 bits per heavy atom. The van der Waals surface area contributed by atoms with E-state index in [-0.39, 0.29) is 17.6 Å². The molecule has 1 aliphatic rings. The van der Waals surface area contributed by atoms with E-state index in [4.69, 9.17) is 5.11 Å². The van der Waals surface area contributed by atoms with Gasteiger partial charge in [0.2, 0.25) is 0 Å². The van der Waals surface area contributed by atoms with Gasteiger partial charge in [-0.15, -0.1) is 11.3 Å². The van der Waals surface area contributed by atoms with E-state index in [9.17, 15) is 9.59 Å². The monoisotopic (exact) mass is 268 g/mol. The van der Waals surface area contributed by atoms with Crippen molar-refractivity contribution in [3.05, 3.63) is 17.0 Å². The normalized spacial score (nSPS) is 22.7. The molecule has 0 spiro atoms. The third kappa shape index (κ3) is 3.01. The van der Waals surface area contributed by atoms with E-state index in [1.54, 1.807) is 5.38 Å². The molecule has 6 heteroatoms. The molecule has 1 saturated carbocycles. The molecule has 1 heterocycles. The van der Waals surface area contributed by atoms with E-state index in [1.807, 2.05) is 0 Å². The van der Waals surface area contributed by atoms with E-state index in [1.165, 1.54) is 17.4 Å². The molecule has 1 aromatic heterocycles. The van der Waals surface area contributed by atoms with E-state index >= 15 is 0 Å². The highest BCUT2D eigenvalue weighted by atomic mass is 32.1. The van der Waals surface area contributed by atoms with Crippen LogP contribution >= 0.6 is 11.3 Å². The molecule has 2 rings (SSSR count). The second kappa shape index (κ2) is 5.39. The van der Waals surface area contributed by atoms with Crippen molar-refractivity contribution in [2.75, 3.05) is 5.32 Å². The van der Waals surface area contributed by atoms with Gasteiger partial charge in [-0.3, -0.25) is 5.32 Å². The zero-order valence-corrected chi connectivity index (χ0v) is 10.9. The molecule has 98 valence electrons. The van der Waals surface area contributed by atoms with Gasteiger partial charge >= 0.3 is 12.0 Å². The van der Waals surface area contributed by atoms with Gasteiger partial charge < -0.3 is 10.4 Å². The minimum atomic E-state index is -1.03. The van der Waals surface area contributed by atoms with E-state index in [0.717, 1.165) is 19.3 Å². The lowest BCUT2D eigenvalue weighted by molar-refractivity contribution is 0.0698. The first-order valence-corrected chi connectivity index (χ1v) is 6.82. The van der Waals surface area contributed by atoms with Crippen LogP contribution in [0.4, 0.5) is 9.80 Å². The topological polar surface area (TPSA) is 78.4 Å². The molecule has 1 aromatic rings. The van der Waals surface area contributed by atoms with Gasteiger partial charge in [-0.1, -0.05) is 6.92 Å². The predicted octanol–water partition coefficient (Wildman–Crippen LogP) is 2.76. The molecule has 0 saturated heterocycles. The third-order valence-electron chi connectivity index (χ3n) is 3.15. The number of aromatic carboxylic acids is 1. The number of carbonyl (C=O) groups excluding carboxylic acids is 1. The van der Waals surface area contributed by atoms with Gasteiger partial charge in [0, 0.05) is 6.04 Å². The number of carboxylic acid groups (broad SMARTS) is 1. The maximum Gasteiger partial charge on any atom is 0.338 e. The summed E-state index contributed by atoms with van der Waals surface area (Å²) in [6, 6.07) is 1.37. The molecule has 2 atom stereocenters. The maximum absolute atomic E-state index is 11.7. The van der Waals surface area contributed by atoms with Crippen LogP contribution in [-0.2, 0) is 0 Å². The lowest BCUT2D eigenvalue weighted by Crippen LogP contribution is -2.36. The van der Waals surface area contributed by atoms with Crippen LogP contribution in [0.3, 0.4) is 0 Å². The van der Waals surface area contributed by atoms with Crippen molar-refractivity contribution < 1.29 is 14.7 Å². The molecule has 2 unspecified atom stereocenters. The number of carbonyl (C=O) groups is 2. The van der Waals surface area contributed by atoms with Crippen LogP contribution in [0.2, 0.25) is 0 Å². The Morgan fingerprint density at radius 3 is 2.83 bits per heavy atom. The molecule has 3 N–H and O–H groups in total. The Labute approximate surface area is 109 Å². The molecule has 1 fully saturated rings. The highest BCUT2D eigenvalue weighted by molar-refractivity contribution is 7.14. The van der Waals surface area contributed by atoms with Crippen LogP contribution in [0.25, 0.3) is 0 Å². The SMILES string of the molecule is CC1CCC(NC(=O)Nc2sccc2C(=O)O)C1. The van der Waals surface area contributed by atoms with Crippen molar-refractivity contribution in [3.8, 4) is 0 Å². The van der Waals surface area contributed by atoms with Crippen molar-refractivity contribution in [2.24, 2.45) is 5.92 Å². The Bertz CT molecular complexity index is 458. The summed E-state index contributed by atoms with van der Waals surface area (Å²) in [5, 5.41) is 16.4. The summed E-state index contributed by atoms with van der Waals surface area (Å²) in [6.07, 6.45) is 3.11. The Hall–Kier alpha value is -1.56. The number of rotatable bonds is 3. The van der Waals surface area contributed by atoms with E-state index in [2.05, 4.69) is 17.6 Å². The number of anilines is 1. The van der Waals surface area contributed by atoms with Gasteiger partial charge in [0.1, 0.15) is 5.00 Å². The number of thiophene rings is 1. The highest BCUT2D eigenvalue weighted by Crippen LogP contribution is 2.26. The molecule has 5 nitrogen and oxygen atoms in total. The predicted molar refractivity (Wildman–Crippen MR) is 70.2 cm³/mol. The molecule has 2 amide bonds. The van der Waals surface area contributed by atoms with Gasteiger partial charge in [0.15, 0.2) is 0 Å². The first kappa shape index (κ1) is 12.9. The summed E-state index contributed by atoms with van der Waals surface area (Å²) < 4.78 is 0. The molecule has 1 aliphatic carbocycles. The third-order valence-corrected chi connectivity index (χ3v) is 3.98. The van der Waals surface area contributed by atoms with Gasteiger partial charge in [-0.25, -0.2) is 9.59 Å². The lowest BCUT2D eigenvalue weighted by Gasteiger charge is -2.13.